The second kappa shape index (κ2) is 9.59. The number of halogens is 1. The van der Waals surface area contributed by atoms with E-state index in [1.807, 2.05) is 6.07 Å². The third kappa shape index (κ3) is 4.71. The fourth-order valence-corrected chi connectivity index (χ4v) is 4.51. The van der Waals surface area contributed by atoms with Gasteiger partial charge in [0.2, 0.25) is 0 Å². The second-order valence-electron chi connectivity index (χ2n) is 8.21. The van der Waals surface area contributed by atoms with Gasteiger partial charge in [0.15, 0.2) is 0 Å². The van der Waals surface area contributed by atoms with E-state index in [2.05, 4.69) is 34.5 Å². The zero-order valence-electron chi connectivity index (χ0n) is 18.1. The van der Waals surface area contributed by atoms with Crippen LogP contribution >= 0.6 is 11.6 Å². The van der Waals surface area contributed by atoms with Gasteiger partial charge < -0.3 is 15.6 Å². The number of benzene rings is 2. The summed E-state index contributed by atoms with van der Waals surface area (Å²) >= 11 is 6.20. The van der Waals surface area contributed by atoms with E-state index in [1.54, 1.807) is 31.3 Å². The van der Waals surface area contributed by atoms with Gasteiger partial charge in [-0.15, -0.1) is 0 Å². The lowest BCUT2D eigenvalue weighted by Crippen LogP contribution is -2.36. The van der Waals surface area contributed by atoms with Crippen molar-refractivity contribution in [2.45, 2.75) is 25.3 Å². The quantitative estimate of drug-likeness (QED) is 0.608. The Bertz CT molecular complexity index is 1170. The number of carbonyl (C=O) groups is 1. The molecule has 4 rings (SSSR count). The number of nitrogens with one attached hydrogen (secondary N) is 1. The van der Waals surface area contributed by atoms with Crippen LogP contribution < -0.4 is 16.6 Å². The molecule has 3 aromatic rings. The third-order valence-corrected chi connectivity index (χ3v) is 6.50. The molecule has 0 aliphatic carbocycles. The summed E-state index contributed by atoms with van der Waals surface area (Å²) in [7, 11) is 1.68. The Morgan fingerprint density at radius 3 is 2.44 bits per heavy atom. The van der Waals surface area contributed by atoms with Gasteiger partial charge in [0, 0.05) is 25.4 Å². The van der Waals surface area contributed by atoms with Crippen molar-refractivity contribution in [3.05, 3.63) is 92.9 Å². The number of hydrogen-bond donors (Lipinski definition) is 2. The van der Waals surface area contributed by atoms with Crippen molar-refractivity contribution in [1.82, 2.24) is 9.47 Å². The molecule has 0 unspecified atom stereocenters. The van der Waals surface area contributed by atoms with Crippen LogP contribution in [0.25, 0.3) is 0 Å². The highest BCUT2D eigenvalue weighted by Crippen LogP contribution is 2.29. The first-order valence-electron chi connectivity index (χ1n) is 10.8. The molecule has 2 aromatic carbocycles. The van der Waals surface area contributed by atoms with Gasteiger partial charge >= 0.3 is 0 Å². The molecular formula is C25H27ClN4O2. The highest BCUT2D eigenvalue weighted by Gasteiger charge is 2.25. The molecule has 32 heavy (non-hydrogen) atoms. The highest BCUT2D eigenvalue weighted by atomic mass is 35.5. The van der Waals surface area contributed by atoms with Gasteiger partial charge in [-0.2, -0.15) is 0 Å². The van der Waals surface area contributed by atoms with Crippen molar-refractivity contribution in [3.63, 3.8) is 0 Å². The monoisotopic (exact) mass is 450 g/mol. The summed E-state index contributed by atoms with van der Waals surface area (Å²) < 4.78 is 1.52. The standard InChI is InChI=1S/C25H27ClN4O2/c1-29-22(16-30-13-11-18(12-14-30)17-7-3-2-4-8-17)24(20(27)15-23(29)31)25(32)28-21-10-6-5-9-19(21)26/h2-10,15,18H,11-14,16,27H2,1H3,(H,28,32). The lowest BCUT2D eigenvalue weighted by Gasteiger charge is -2.33. The number of aromatic nitrogens is 1. The highest BCUT2D eigenvalue weighted by molar-refractivity contribution is 6.34. The van der Waals surface area contributed by atoms with Crippen molar-refractivity contribution in [1.29, 1.82) is 0 Å². The van der Waals surface area contributed by atoms with Crippen LogP contribution in [0, 0.1) is 0 Å². The number of para-hydroxylation sites is 1. The minimum absolute atomic E-state index is 0.173. The molecule has 0 radical (unpaired) electrons. The van der Waals surface area contributed by atoms with Crippen LogP contribution in [0.5, 0.6) is 0 Å². The normalized spacial score (nSPS) is 14.9. The van der Waals surface area contributed by atoms with Crippen LogP contribution in [0.4, 0.5) is 11.4 Å². The van der Waals surface area contributed by atoms with Gasteiger partial charge in [-0.1, -0.05) is 54.1 Å². The molecule has 0 spiro atoms. The average molecular weight is 451 g/mol. The molecule has 7 heteroatoms. The Balaban J connectivity index is 1.55. The Hall–Kier alpha value is -3.09. The number of nitrogen functional groups attached to an aromatic ring is 1. The van der Waals surface area contributed by atoms with Crippen LogP contribution in [0.2, 0.25) is 5.02 Å². The SMILES string of the molecule is Cn1c(CN2CCC(c3ccccc3)CC2)c(C(=O)Nc2ccccc2Cl)c(N)cc1=O. The van der Waals surface area contributed by atoms with Gasteiger partial charge in [0.05, 0.1) is 22.0 Å². The lowest BCUT2D eigenvalue weighted by atomic mass is 9.89. The molecule has 1 amide bonds. The lowest BCUT2D eigenvalue weighted by molar-refractivity contribution is 0.102. The summed E-state index contributed by atoms with van der Waals surface area (Å²) in [4.78, 5) is 27.9. The van der Waals surface area contributed by atoms with Gasteiger partial charge in [-0.3, -0.25) is 14.5 Å². The zero-order chi connectivity index (χ0) is 22.7. The van der Waals surface area contributed by atoms with Crippen LogP contribution in [0.3, 0.4) is 0 Å². The number of carbonyl (C=O) groups excluding carboxylic acids is 1. The fraction of sp³-hybridized carbons (Fsp3) is 0.280. The Labute approximate surface area is 192 Å². The summed E-state index contributed by atoms with van der Waals surface area (Å²) in [5.74, 6) is 0.153. The number of nitrogens with zero attached hydrogens (tertiary/aromatic N) is 2. The number of likely N-dealkylation sites (tertiary alicyclic amines) is 1. The molecule has 0 atom stereocenters. The van der Waals surface area contributed by atoms with Crippen molar-refractivity contribution in [2.75, 3.05) is 24.1 Å². The Kier molecular flexibility index (Phi) is 6.63. The maximum Gasteiger partial charge on any atom is 0.259 e. The fourth-order valence-electron chi connectivity index (χ4n) is 4.33. The second-order valence-corrected chi connectivity index (χ2v) is 8.62. The number of anilines is 2. The van der Waals surface area contributed by atoms with Gasteiger partial charge in [0.1, 0.15) is 0 Å². The Morgan fingerprint density at radius 1 is 1.09 bits per heavy atom. The summed E-state index contributed by atoms with van der Waals surface area (Å²) in [5, 5.41) is 3.27. The molecule has 1 aliphatic heterocycles. The molecule has 6 nitrogen and oxygen atoms in total. The molecule has 3 N–H and O–H groups in total. The number of piperidine rings is 1. The molecule has 1 fully saturated rings. The first kappa shape index (κ1) is 22.1. The van der Waals surface area contributed by atoms with Crippen LogP contribution in [0.15, 0.2) is 65.5 Å². The summed E-state index contributed by atoms with van der Waals surface area (Å²) in [6.45, 7) is 2.24. The molecular weight excluding hydrogens is 424 g/mol. The smallest absolute Gasteiger partial charge is 0.259 e. The summed E-state index contributed by atoms with van der Waals surface area (Å²) in [5.41, 5.74) is 8.90. The number of pyridine rings is 1. The van der Waals surface area contributed by atoms with Crippen molar-refractivity contribution >= 4 is 28.9 Å². The van der Waals surface area contributed by atoms with Crippen LogP contribution in [-0.4, -0.2) is 28.5 Å². The topological polar surface area (TPSA) is 80.4 Å². The van der Waals surface area contributed by atoms with E-state index in [9.17, 15) is 9.59 Å². The summed E-state index contributed by atoms with van der Waals surface area (Å²) in [6, 6.07) is 18.9. The van der Waals surface area contributed by atoms with Crippen LogP contribution in [-0.2, 0) is 13.6 Å². The molecule has 1 saturated heterocycles. The molecule has 0 bridgehead atoms. The van der Waals surface area contributed by atoms with E-state index in [-0.39, 0.29) is 17.2 Å². The van der Waals surface area contributed by atoms with Gasteiger partial charge in [-0.05, 0) is 49.5 Å². The molecule has 1 aromatic heterocycles. The van der Waals surface area contributed by atoms with Gasteiger partial charge in [-0.25, -0.2) is 0 Å². The molecule has 1 aliphatic rings. The average Bonchev–Trinajstić information content (AvgIpc) is 2.80. The van der Waals surface area contributed by atoms with E-state index >= 15 is 0 Å². The summed E-state index contributed by atoms with van der Waals surface area (Å²) in [6.07, 6.45) is 2.06. The number of rotatable bonds is 5. The van der Waals surface area contributed by atoms with Crippen molar-refractivity contribution < 1.29 is 4.79 Å². The molecule has 2 heterocycles. The van der Waals surface area contributed by atoms with Crippen molar-refractivity contribution in [2.24, 2.45) is 7.05 Å². The van der Waals surface area contributed by atoms with E-state index in [0.717, 1.165) is 25.9 Å². The predicted octanol–water partition coefficient (Wildman–Crippen LogP) is 4.25. The zero-order valence-corrected chi connectivity index (χ0v) is 18.8. The van der Waals surface area contributed by atoms with E-state index in [1.165, 1.54) is 16.2 Å². The van der Waals surface area contributed by atoms with E-state index < -0.39 is 0 Å². The van der Waals surface area contributed by atoms with E-state index in [0.29, 0.717) is 34.4 Å². The number of hydrogen-bond acceptors (Lipinski definition) is 4. The maximum atomic E-state index is 13.2. The van der Waals surface area contributed by atoms with E-state index in [4.69, 9.17) is 17.3 Å². The molecule has 166 valence electrons. The van der Waals surface area contributed by atoms with Gasteiger partial charge in [0.25, 0.3) is 11.5 Å². The maximum absolute atomic E-state index is 13.2. The predicted molar refractivity (Wildman–Crippen MR) is 129 cm³/mol. The molecule has 0 saturated carbocycles. The number of amides is 1. The first-order valence-corrected chi connectivity index (χ1v) is 11.1. The van der Waals surface area contributed by atoms with Crippen molar-refractivity contribution in [3.8, 4) is 0 Å². The van der Waals surface area contributed by atoms with Crippen LogP contribution in [0.1, 0.15) is 40.4 Å². The third-order valence-electron chi connectivity index (χ3n) is 6.17. The largest absolute Gasteiger partial charge is 0.398 e. The Morgan fingerprint density at radius 2 is 1.75 bits per heavy atom. The first-order chi connectivity index (χ1) is 15.4. The number of nitrogens with two attached hydrogens (primary N) is 1. The minimum atomic E-state index is -0.375. The minimum Gasteiger partial charge on any atom is -0.398 e.